The van der Waals surface area contributed by atoms with Gasteiger partial charge in [-0.05, 0) is 74.9 Å². The number of carbonyl (C=O) groups is 1. The molecule has 0 N–H and O–H groups in total. The highest BCUT2D eigenvalue weighted by molar-refractivity contribution is 5.56. The molecule has 104 valence electrons. The van der Waals surface area contributed by atoms with Gasteiger partial charge in [0.2, 0.25) is 0 Å². The molecule has 0 heterocycles. The summed E-state index contributed by atoms with van der Waals surface area (Å²) in [6.07, 6.45) is 9.34. The Morgan fingerprint density at radius 1 is 1.32 bits per heavy atom. The quantitative estimate of drug-likeness (QED) is 0.689. The molecule has 1 nitrogen and oxygen atoms in total. The van der Waals surface area contributed by atoms with Crippen LogP contribution in [0.1, 0.15) is 51.9 Å². The molecule has 3 atom stereocenters. The first-order valence-corrected chi connectivity index (χ1v) is 7.67. The van der Waals surface area contributed by atoms with E-state index in [2.05, 4.69) is 13.0 Å². The number of halogens is 1. The van der Waals surface area contributed by atoms with E-state index in [1.54, 1.807) is 0 Å². The molecule has 0 unspecified atom stereocenters. The van der Waals surface area contributed by atoms with Gasteiger partial charge in [0.1, 0.15) is 12.5 Å². The molecule has 19 heavy (non-hydrogen) atoms. The van der Waals surface area contributed by atoms with Crippen molar-refractivity contribution in [3.63, 3.8) is 0 Å². The molecule has 0 aromatic carbocycles. The zero-order valence-corrected chi connectivity index (χ0v) is 11.7. The van der Waals surface area contributed by atoms with E-state index in [1.165, 1.54) is 29.6 Å². The van der Waals surface area contributed by atoms with E-state index >= 15 is 0 Å². The number of allylic oxidation sites excluding steroid dienone is 4. The molecular formula is C17H23FO. The van der Waals surface area contributed by atoms with Crippen molar-refractivity contribution >= 4 is 6.29 Å². The largest absolute Gasteiger partial charge is 0.303 e. The maximum Gasteiger partial charge on any atom is 0.123 e. The van der Waals surface area contributed by atoms with Crippen LogP contribution in [0.5, 0.6) is 0 Å². The third-order valence-electron chi connectivity index (χ3n) is 5.03. The van der Waals surface area contributed by atoms with Gasteiger partial charge in [0.15, 0.2) is 0 Å². The minimum Gasteiger partial charge on any atom is -0.303 e. The Morgan fingerprint density at radius 3 is 2.68 bits per heavy atom. The van der Waals surface area contributed by atoms with Crippen molar-refractivity contribution in [1.29, 1.82) is 0 Å². The molecule has 0 aromatic heterocycles. The van der Waals surface area contributed by atoms with Crippen LogP contribution in [0.3, 0.4) is 0 Å². The minimum atomic E-state index is -0.643. The van der Waals surface area contributed by atoms with Crippen LogP contribution in [0.25, 0.3) is 0 Å². The summed E-state index contributed by atoms with van der Waals surface area (Å²) in [6.45, 7) is 2.18. The van der Waals surface area contributed by atoms with Gasteiger partial charge in [0.25, 0.3) is 0 Å². The second-order valence-corrected chi connectivity index (χ2v) is 6.57. The number of rotatable bonds is 3. The molecule has 0 aromatic rings. The Kier molecular flexibility index (Phi) is 3.60. The maximum atomic E-state index is 13.3. The van der Waals surface area contributed by atoms with Crippen molar-refractivity contribution in [2.45, 2.75) is 58.0 Å². The van der Waals surface area contributed by atoms with Crippen LogP contribution in [-0.4, -0.2) is 12.5 Å². The number of alkyl halides is 1. The zero-order valence-electron chi connectivity index (χ0n) is 11.7. The summed E-state index contributed by atoms with van der Waals surface area (Å²) in [7, 11) is 0. The lowest BCUT2D eigenvalue weighted by molar-refractivity contribution is -0.111. The summed E-state index contributed by atoms with van der Waals surface area (Å²) < 4.78 is 13.3. The number of hydrogen-bond donors (Lipinski definition) is 0. The first kappa shape index (κ1) is 13.1. The molecule has 0 saturated heterocycles. The Bertz CT molecular complexity index is 431. The standard InChI is InChI=1S/C17H23FO/c1-11-8-12(10-19)9-16(13-2-3-13)17(11)14-4-6-15(18)7-5-14/h4,10,12-13,15-16H,2-3,5-9H2,1H3/t12-,15-,16+/m0/s1. The number of carbonyl (C=O) groups excluding carboxylic acids is 1. The lowest BCUT2D eigenvalue weighted by Crippen LogP contribution is -2.23. The van der Waals surface area contributed by atoms with Gasteiger partial charge in [-0.3, -0.25) is 0 Å². The summed E-state index contributed by atoms with van der Waals surface area (Å²) in [4.78, 5) is 11.1. The Labute approximate surface area is 115 Å². The lowest BCUT2D eigenvalue weighted by Gasteiger charge is -2.34. The van der Waals surface area contributed by atoms with Gasteiger partial charge in [0, 0.05) is 5.92 Å². The van der Waals surface area contributed by atoms with E-state index in [9.17, 15) is 9.18 Å². The molecule has 2 heteroatoms. The van der Waals surface area contributed by atoms with Gasteiger partial charge in [-0.1, -0.05) is 11.6 Å². The smallest absolute Gasteiger partial charge is 0.123 e. The summed E-state index contributed by atoms with van der Waals surface area (Å²) in [5, 5.41) is 0. The van der Waals surface area contributed by atoms with Crippen molar-refractivity contribution in [1.82, 2.24) is 0 Å². The van der Waals surface area contributed by atoms with E-state index in [1.807, 2.05) is 0 Å². The van der Waals surface area contributed by atoms with Gasteiger partial charge in [-0.2, -0.15) is 0 Å². The molecule has 0 bridgehead atoms. The van der Waals surface area contributed by atoms with Crippen molar-refractivity contribution in [3.05, 3.63) is 22.8 Å². The van der Waals surface area contributed by atoms with Crippen LogP contribution in [-0.2, 0) is 4.79 Å². The van der Waals surface area contributed by atoms with Crippen LogP contribution >= 0.6 is 0 Å². The predicted octanol–water partition coefficient (Wildman–Crippen LogP) is 4.39. The average molecular weight is 262 g/mol. The third kappa shape index (κ3) is 2.68. The van der Waals surface area contributed by atoms with Gasteiger partial charge >= 0.3 is 0 Å². The topological polar surface area (TPSA) is 17.1 Å². The van der Waals surface area contributed by atoms with Gasteiger partial charge < -0.3 is 4.79 Å². The highest BCUT2D eigenvalue weighted by Crippen LogP contribution is 2.50. The van der Waals surface area contributed by atoms with E-state index in [4.69, 9.17) is 0 Å². The summed E-state index contributed by atoms with van der Waals surface area (Å²) in [5.41, 5.74) is 4.30. The molecule has 0 amide bonds. The van der Waals surface area contributed by atoms with Crippen molar-refractivity contribution in [2.24, 2.45) is 17.8 Å². The predicted molar refractivity (Wildman–Crippen MR) is 74.5 cm³/mol. The van der Waals surface area contributed by atoms with Crippen molar-refractivity contribution in [2.75, 3.05) is 0 Å². The van der Waals surface area contributed by atoms with Gasteiger partial charge in [0.05, 0.1) is 0 Å². The Hall–Kier alpha value is -0.920. The fourth-order valence-corrected chi connectivity index (χ4v) is 3.94. The van der Waals surface area contributed by atoms with Gasteiger partial charge in [-0.15, -0.1) is 0 Å². The molecular weight excluding hydrogens is 239 g/mol. The second kappa shape index (κ2) is 5.22. The molecule has 3 aliphatic rings. The first-order chi connectivity index (χ1) is 9.19. The summed E-state index contributed by atoms with van der Waals surface area (Å²) in [5.74, 6) is 1.58. The minimum absolute atomic E-state index is 0.215. The van der Waals surface area contributed by atoms with Crippen LogP contribution in [0.2, 0.25) is 0 Å². The van der Waals surface area contributed by atoms with E-state index in [0.29, 0.717) is 18.8 Å². The Balaban J connectivity index is 1.89. The monoisotopic (exact) mass is 262 g/mol. The van der Waals surface area contributed by atoms with E-state index in [0.717, 1.165) is 31.5 Å². The molecule has 1 fully saturated rings. The fourth-order valence-electron chi connectivity index (χ4n) is 3.94. The molecule has 3 rings (SSSR count). The molecule has 0 radical (unpaired) electrons. The van der Waals surface area contributed by atoms with E-state index < -0.39 is 6.17 Å². The van der Waals surface area contributed by atoms with E-state index in [-0.39, 0.29) is 5.92 Å². The number of hydrogen-bond acceptors (Lipinski definition) is 1. The number of aldehydes is 1. The van der Waals surface area contributed by atoms with Crippen LogP contribution in [0.4, 0.5) is 4.39 Å². The van der Waals surface area contributed by atoms with Crippen LogP contribution < -0.4 is 0 Å². The zero-order chi connectivity index (χ0) is 13.4. The average Bonchev–Trinajstić information content (AvgIpc) is 3.23. The summed E-state index contributed by atoms with van der Waals surface area (Å²) in [6, 6.07) is 0. The van der Waals surface area contributed by atoms with Crippen molar-refractivity contribution < 1.29 is 9.18 Å². The SMILES string of the molecule is CC1=C(C2=CC[C@H](F)CC2)[C@@H](C2CC2)C[C@@H](C=O)C1. The lowest BCUT2D eigenvalue weighted by atomic mass is 9.71. The fraction of sp³-hybridized carbons (Fsp3) is 0.706. The molecule has 1 saturated carbocycles. The van der Waals surface area contributed by atoms with Crippen molar-refractivity contribution in [3.8, 4) is 0 Å². The van der Waals surface area contributed by atoms with Gasteiger partial charge in [-0.25, -0.2) is 4.39 Å². The Morgan fingerprint density at radius 2 is 2.11 bits per heavy atom. The third-order valence-corrected chi connectivity index (χ3v) is 5.03. The second-order valence-electron chi connectivity index (χ2n) is 6.57. The molecule has 0 spiro atoms. The highest BCUT2D eigenvalue weighted by atomic mass is 19.1. The normalized spacial score (nSPS) is 36.1. The molecule has 0 aliphatic heterocycles. The summed E-state index contributed by atoms with van der Waals surface area (Å²) >= 11 is 0. The van der Waals surface area contributed by atoms with Crippen LogP contribution in [0.15, 0.2) is 22.8 Å². The highest BCUT2D eigenvalue weighted by Gasteiger charge is 2.39. The molecule has 3 aliphatic carbocycles. The maximum absolute atomic E-state index is 13.3. The first-order valence-electron chi connectivity index (χ1n) is 7.67. The van der Waals surface area contributed by atoms with Crippen LogP contribution in [0, 0.1) is 17.8 Å².